The number of hydrogen-bond donors (Lipinski definition) is 2. The van der Waals surface area contributed by atoms with Gasteiger partial charge < -0.3 is 11.1 Å². The molecule has 0 radical (unpaired) electrons. The number of nitrogens with two attached hydrogens (primary N) is 1. The molecule has 0 unspecified atom stereocenters. The van der Waals surface area contributed by atoms with Gasteiger partial charge in [-0.05, 0) is 71.5 Å². The molecule has 0 aromatic heterocycles. The van der Waals surface area contributed by atoms with Gasteiger partial charge in [-0.2, -0.15) is 0 Å². The zero-order valence-corrected chi connectivity index (χ0v) is 11.5. The quantitative estimate of drug-likeness (QED) is 0.638. The van der Waals surface area contributed by atoms with Crippen molar-refractivity contribution in [1.82, 2.24) is 0 Å². The predicted octanol–water partition coefficient (Wildman–Crippen LogP) is 4.06. The number of nitrogens with one attached hydrogen (secondary N) is 1. The predicted molar refractivity (Wildman–Crippen MR) is 78.0 cm³/mol. The van der Waals surface area contributed by atoms with E-state index in [2.05, 4.69) is 27.9 Å². The Kier molecular flexibility index (Phi) is 3.51. The minimum Gasteiger partial charge on any atom is -0.399 e. The van der Waals surface area contributed by atoms with Crippen molar-refractivity contribution < 1.29 is 4.39 Å². The molecule has 0 heterocycles. The van der Waals surface area contributed by atoms with E-state index in [4.69, 9.17) is 5.73 Å². The van der Waals surface area contributed by atoms with Crippen LogP contribution in [0.4, 0.5) is 21.5 Å². The molecule has 2 rings (SSSR count). The van der Waals surface area contributed by atoms with Crippen molar-refractivity contribution in [3.05, 3.63) is 51.3 Å². The molecule has 0 saturated carbocycles. The molecule has 0 aliphatic carbocycles. The Morgan fingerprint density at radius 1 is 1.12 bits per heavy atom. The summed E-state index contributed by atoms with van der Waals surface area (Å²) in [6, 6.07) is 10.3. The Labute approximate surface area is 113 Å². The van der Waals surface area contributed by atoms with Gasteiger partial charge in [-0.3, -0.25) is 0 Å². The zero-order chi connectivity index (χ0) is 12.4. The third-order valence-electron chi connectivity index (χ3n) is 2.45. The van der Waals surface area contributed by atoms with Crippen LogP contribution in [0.15, 0.2) is 36.4 Å². The highest BCUT2D eigenvalue weighted by Gasteiger charge is 2.04. The van der Waals surface area contributed by atoms with Crippen LogP contribution in [0.2, 0.25) is 0 Å². The zero-order valence-electron chi connectivity index (χ0n) is 9.30. The van der Waals surface area contributed by atoms with E-state index in [0.29, 0.717) is 0 Å². The normalized spacial score (nSPS) is 10.3. The van der Waals surface area contributed by atoms with Crippen LogP contribution in [0, 0.1) is 16.3 Å². The Morgan fingerprint density at radius 2 is 1.82 bits per heavy atom. The Bertz CT molecular complexity index is 506. The number of anilines is 3. The molecule has 2 aromatic carbocycles. The fraction of sp³-hybridized carbons (Fsp3) is 0.0769. The van der Waals surface area contributed by atoms with Gasteiger partial charge >= 0.3 is 0 Å². The molecule has 88 valence electrons. The van der Waals surface area contributed by atoms with Crippen LogP contribution in [0.3, 0.4) is 0 Å². The van der Waals surface area contributed by atoms with Crippen molar-refractivity contribution >= 4 is 39.7 Å². The van der Waals surface area contributed by atoms with E-state index in [1.54, 1.807) is 6.07 Å². The molecule has 0 aliphatic heterocycles. The molecular formula is C13H12FIN2. The molecule has 0 fully saturated rings. The number of benzene rings is 2. The van der Waals surface area contributed by atoms with E-state index < -0.39 is 0 Å². The first-order chi connectivity index (χ1) is 8.06. The second kappa shape index (κ2) is 4.91. The molecule has 0 saturated heterocycles. The summed E-state index contributed by atoms with van der Waals surface area (Å²) in [4.78, 5) is 0. The van der Waals surface area contributed by atoms with E-state index in [1.807, 2.05) is 25.1 Å². The Balaban J connectivity index is 2.31. The second-order valence-corrected chi connectivity index (χ2v) is 4.99. The summed E-state index contributed by atoms with van der Waals surface area (Å²) in [6.07, 6.45) is 0. The summed E-state index contributed by atoms with van der Waals surface area (Å²) < 4.78 is 13.8. The van der Waals surface area contributed by atoms with Crippen LogP contribution in [0.25, 0.3) is 0 Å². The molecule has 0 atom stereocenters. The third-order valence-corrected chi connectivity index (χ3v) is 3.34. The van der Waals surface area contributed by atoms with Crippen molar-refractivity contribution in [3.63, 3.8) is 0 Å². The average Bonchev–Trinajstić information content (AvgIpc) is 2.25. The molecule has 17 heavy (non-hydrogen) atoms. The van der Waals surface area contributed by atoms with Gasteiger partial charge in [-0.15, -0.1) is 0 Å². The Morgan fingerprint density at radius 3 is 2.47 bits per heavy atom. The lowest BCUT2D eigenvalue weighted by Gasteiger charge is -2.11. The van der Waals surface area contributed by atoms with Crippen molar-refractivity contribution in [2.24, 2.45) is 0 Å². The molecule has 0 spiro atoms. The molecule has 4 heteroatoms. The lowest BCUT2D eigenvalue weighted by molar-refractivity contribution is 0.627. The van der Waals surface area contributed by atoms with Crippen molar-refractivity contribution in [1.29, 1.82) is 0 Å². The number of halogens is 2. The van der Waals surface area contributed by atoms with Gasteiger partial charge in [0, 0.05) is 14.9 Å². The number of nitrogen functional groups attached to an aromatic ring is 1. The smallest absolute Gasteiger partial charge is 0.124 e. The number of hydrogen-bond acceptors (Lipinski definition) is 2. The lowest BCUT2D eigenvalue weighted by atomic mass is 10.1. The van der Waals surface area contributed by atoms with Crippen LogP contribution in [-0.2, 0) is 0 Å². The number of aryl methyl sites for hydroxylation is 1. The largest absolute Gasteiger partial charge is 0.399 e. The molecule has 3 N–H and O–H groups in total. The molecule has 0 aliphatic rings. The maximum atomic E-state index is 13.0. The first-order valence-corrected chi connectivity index (χ1v) is 6.22. The van der Waals surface area contributed by atoms with Crippen molar-refractivity contribution in [2.45, 2.75) is 6.92 Å². The van der Waals surface area contributed by atoms with Crippen LogP contribution in [-0.4, -0.2) is 0 Å². The van der Waals surface area contributed by atoms with Gasteiger partial charge in [0.25, 0.3) is 0 Å². The van der Waals surface area contributed by atoms with Gasteiger partial charge in [0.15, 0.2) is 0 Å². The third kappa shape index (κ3) is 2.88. The van der Waals surface area contributed by atoms with Crippen molar-refractivity contribution in [3.8, 4) is 0 Å². The van der Waals surface area contributed by atoms with Crippen LogP contribution < -0.4 is 11.1 Å². The minimum absolute atomic E-state index is 0.228. The average molecular weight is 342 g/mol. The minimum atomic E-state index is -0.228. The Hall–Kier alpha value is -1.30. The van der Waals surface area contributed by atoms with Gasteiger partial charge in [0.2, 0.25) is 0 Å². The second-order valence-electron chi connectivity index (χ2n) is 3.82. The summed E-state index contributed by atoms with van der Waals surface area (Å²) in [6.45, 7) is 1.98. The highest BCUT2D eigenvalue weighted by atomic mass is 127. The van der Waals surface area contributed by atoms with Crippen molar-refractivity contribution in [2.75, 3.05) is 11.1 Å². The maximum Gasteiger partial charge on any atom is 0.124 e. The monoisotopic (exact) mass is 342 g/mol. The highest BCUT2D eigenvalue weighted by Crippen LogP contribution is 2.26. The summed E-state index contributed by atoms with van der Waals surface area (Å²) in [7, 11) is 0. The highest BCUT2D eigenvalue weighted by molar-refractivity contribution is 14.1. The fourth-order valence-electron chi connectivity index (χ4n) is 1.56. The standard InChI is InChI=1S/C13H12FIN2/c1-8-6-10(16)3-5-12(8)17-13-4-2-9(14)7-11(13)15/h2-7,17H,16H2,1H3. The molecular weight excluding hydrogens is 330 g/mol. The van der Waals surface area contributed by atoms with Gasteiger partial charge in [0.05, 0.1) is 5.69 Å². The molecule has 2 nitrogen and oxygen atoms in total. The summed E-state index contributed by atoms with van der Waals surface area (Å²) >= 11 is 2.10. The molecule has 0 bridgehead atoms. The van der Waals surface area contributed by atoms with Gasteiger partial charge in [0.1, 0.15) is 5.82 Å². The summed E-state index contributed by atoms with van der Waals surface area (Å²) in [5, 5.41) is 3.27. The number of rotatable bonds is 2. The van der Waals surface area contributed by atoms with E-state index in [-0.39, 0.29) is 5.82 Å². The van der Waals surface area contributed by atoms with Crippen LogP contribution >= 0.6 is 22.6 Å². The van der Waals surface area contributed by atoms with Crippen LogP contribution in [0.1, 0.15) is 5.56 Å². The van der Waals surface area contributed by atoms with E-state index >= 15 is 0 Å². The first-order valence-electron chi connectivity index (χ1n) is 5.14. The van der Waals surface area contributed by atoms with E-state index in [0.717, 1.165) is 26.2 Å². The molecule has 0 amide bonds. The fourth-order valence-corrected chi connectivity index (χ4v) is 2.18. The van der Waals surface area contributed by atoms with Gasteiger partial charge in [-0.1, -0.05) is 0 Å². The molecule has 2 aromatic rings. The van der Waals surface area contributed by atoms with Gasteiger partial charge in [-0.25, -0.2) is 4.39 Å². The lowest BCUT2D eigenvalue weighted by Crippen LogP contribution is -1.97. The van der Waals surface area contributed by atoms with Crippen LogP contribution in [0.5, 0.6) is 0 Å². The van der Waals surface area contributed by atoms with E-state index in [9.17, 15) is 4.39 Å². The summed E-state index contributed by atoms with van der Waals surface area (Å²) in [5.74, 6) is -0.228. The first kappa shape index (κ1) is 12.2. The SMILES string of the molecule is Cc1cc(N)ccc1Nc1ccc(F)cc1I. The topological polar surface area (TPSA) is 38.0 Å². The maximum absolute atomic E-state index is 13.0. The van der Waals surface area contributed by atoms with E-state index in [1.165, 1.54) is 12.1 Å². The summed E-state index contributed by atoms with van der Waals surface area (Å²) in [5.41, 5.74) is 9.35.